The second kappa shape index (κ2) is 5.30. The molecular weight excluding hydrogens is 274 g/mol. The SMILES string of the molecule is O=C(N[C@@H](c1ccccc1)c1ccc2nc[nH]c2c1)C1CC1. The summed E-state index contributed by atoms with van der Waals surface area (Å²) in [7, 11) is 0. The number of aromatic nitrogens is 2. The number of nitrogens with zero attached hydrogens (tertiary/aromatic N) is 1. The maximum atomic E-state index is 12.2. The maximum Gasteiger partial charge on any atom is 0.223 e. The summed E-state index contributed by atoms with van der Waals surface area (Å²) in [6.45, 7) is 0. The van der Waals surface area contributed by atoms with Crippen molar-refractivity contribution in [2.24, 2.45) is 5.92 Å². The number of aromatic amines is 1. The number of imidazole rings is 1. The van der Waals surface area contributed by atoms with Gasteiger partial charge in [-0.1, -0.05) is 36.4 Å². The predicted octanol–water partition coefficient (Wildman–Crippen LogP) is 3.18. The van der Waals surface area contributed by atoms with Gasteiger partial charge in [0.25, 0.3) is 0 Å². The van der Waals surface area contributed by atoms with Gasteiger partial charge in [-0.2, -0.15) is 0 Å². The Morgan fingerprint density at radius 3 is 2.73 bits per heavy atom. The number of nitrogens with one attached hydrogen (secondary N) is 2. The number of rotatable bonds is 4. The molecule has 0 aliphatic heterocycles. The second-order valence-corrected chi connectivity index (χ2v) is 5.81. The molecule has 22 heavy (non-hydrogen) atoms. The number of fused-ring (bicyclic) bond motifs is 1. The number of benzene rings is 2. The van der Waals surface area contributed by atoms with Gasteiger partial charge in [0.05, 0.1) is 23.4 Å². The van der Waals surface area contributed by atoms with Crippen LogP contribution in [0.25, 0.3) is 11.0 Å². The van der Waals surface area contributed by atoms with E-state index in [1.54, 1.807) is 6.33 Å². The van der Waals surface area contributed by atoms with Gasteiger partial charge in [0.2, 0.25) is 5.91 Å². The van der Waals surface area contributed by atoms with E-state index in [-0.39, 0.29) is 17.9 Å². The zero-order valence-corrected chi connectivity index (χ0v) is 12.1. The molecule has 4 heteroatoms. The highest BCUT2D eigenvalue weighted by Gasteiger charge is 2.31. The third kappa shape index (κ3) is 2.48. The molecule has 0 unspecified atom stereocenters. The molecule has 1 aliphatic carbocycles. The highest BCUT2D eigenvalue weighted by atomic mass is 16.2. The molecule has 2 aromatic carbocycles. The van der Waals surface area contributed by atoms with E-state index in [9.17, 15) is 4.79 Å². The first-order chi connectivity index (χ1) is 10.8. The molecule has 1 atom stereocenters. The summed E-state index contributed by atoms with van der Waals surface area (Å²) in [4.78, 5) is 19.6. The highest BCUT2D eigenvalue weighted by Crippen LogP contribution is 2.31. The molecular formula is C18H17N3O. The van der Waals surface area contributed by atoms with E-state index in [0.29, 0.717) is 0 Å². The Bertz CT molecular complexity index is 805. The van der Waals surface area contributed by atoms with Gasteiger partial charge in [0.15, 0.2) is 0 Å². The average molecular weight is 291 g/mol. The third-order valence-electron chi connectivity index (χ3n) is 4.15. The first kappa shape index (κ1) is 13.1. The minimum absolute atomic E-state index is 0.123. The van der Waals surface area contributed by atoms with Gasteiger partial charge in [-0.25, -0.2) is 4.98 Å². The van der Waals surface area contributed by atoms with Gasteiger partial charge in [-0.15, -0.1) is 0 Å². The van der Waals surface area contributed by atoms with Crippen molar-refractivity contribution in [3.05, 3.63) is 66.0 Å². The van der Waals surface area contributed by atoms with Crippen molar-refractivity contribution in [3.8, 4) is 0 Å². The van der Waals surface area contributed by atoms with Crippen molar-refractivity contribution < 1.29 is 4.79 Å². The van der Waals surface area contributed by atoms with Crippen molar-refractivity contribution in [1.29, 1.82) is 0 Å². The fourth-order valence-corrected chi connectivity index (χ4v) is 2.74. The summed E-state index contributed by atoms with van der Waals surface area (Å²) in [6.07, 6.45) is 3.70. The quantitative estimate of drug-likeness (QED) is 0.775. The average Bonchev–Trinajstić information content (AvgIpc) is 3.31. The first-order valence-corrected chi connectivity index (χ1v) is 7.59. The summed E-state index contributed by atoms with van der Waals surface area (Å²) >= 11 is 0. The van der Waals surface area contributed by atoms with Gasteiger partial charge in [-0.3, -0.25) is 4.79 Å². The molecule has 1 amide bonds. The van der Waals surface area contributed by atoms with E-state index in [1.807, 2.05) is 30.3 Å². The maximum absolute atomic E-state index is 12.2. The predicted molar refractivity (Wildman–Crippen MR) is 85.2 cm³/mol. The van der Waals surface area contributed by atoms with E-state index in [4.69, 9.17) is 0 Å². The second-order valence-electron chi connectivity index (χ2n) is 5.81. The number of carbonyl (C=O) groups excluding carboxylic acids is 1. The standard InChI is InChI=1S/C18H17N3O/c22-18(13-6-7-13)21-17(12-4-2-1-3-5-12)14-8-9-15-16(10-14)20-11-19-15/h1-5,8-11,13,17H,6-7H2,(H,19,20)(H,21,22)/t17-/m0/s1. The summed E-state index contributed by atoms with van der Waals surface area (Å²) in [5.74, 6) is 0.348. The minimum Gasteiger partial charge on any atom is -0.345 e. The normalized spacial score (nSPS) is 15.6. The van der Waals surface area contributed by atoms with Gasteiger partial charge in [0, 0.05) is 5.92 Å². The van der Waals surface area contributed by atoms with Crippen LogP contribution in [0.2, 0.25) is 0 Å². The van der Waals surface area contributed by atoms with Crippen LogP contribution in [-0.2, 0) is 4.79 Å². The Balaban J connectivity index is 1.73. The summed E-state index contributed by atoms with van der Waals surface area (Å²) < 4.78 is 0. The Kier molecular flexibility index (Phi) is 3.15. The van der Waals surface area contributed by atoms with E-state index >= 15 is 0 Å². The lowest BCUT2D eigenvalue weighted by Gasteiger charge is -2.20. The van der Waals surface area contributed by atoms with Crippen LogP contribution < -0.4 is 5.32 Å². The van der Waals surface area contributed by atoms with E-state index in [0.717, 1.165) is 35.0 Å². The summed E-state index contributed by atoms with van der Waals surface area (Å²) in [5.41, 5.74) is 4.08. The first-order valence-electron chi connectivity index (χ1n) is 7.59. The molecule has 0 spiro atoms. The molecule has 0 bridgehead atoms. The molecule has 0 saturated heterocycles. The lowest BCUT2D eigenvalue weighted by Crippen LogP contribution is -2.30. The summed E-state index contributed by atoms with van der Waals surface area (Å²) in [6, 6.07) is 16.1. The van der Waals surface area contributed by atoms with Crippen molar-refractivity contribution in [1.82, 2.24) is 15.3 Å². The van der Waals surface area contributed by atoms with Gasteiger partial charge < -0.3 is 10.3 Å². The minimum atomic E-state index is -0.123. The Hall–Kier alpha value is -2.62. The van der Waals surface area contributed by atoms with Crippen molar-refractivity contribution >= 4 is 16.9 Å². The smallest absolute Gasteiger partial charge is 0.223 e. The number of hydrogen-bond acceptors (Lipinski definition) is 2. The molecule has 1 aliphatic rings. The Morgan fingerprint density at radius 2 is 1.95 bits per heavy atom. The Labute approximate surface area is 128 Å². The molecule has 1 aromatic heterocycles. The van der Waals surface area contributed by atoms with Crippen LogP contribution in [0.3, 0.4) is 0 Å². The monoisotopic (exact) mass is 291 g/mol. The summed E-state index contributed by atoms with van der Waals surface area (Å²) in [5, 5.41) is 3.20. The molecule has 0 radical (unpaired) electrons. The topological polar surface area (TPSA) is 57.8 Å². The molecule has 1 fully saturated rings. The van der Waals surface area contributed by atoms with Crippen LogP contribution in [0.5, 0.6) is 0 Å². The van der Waals surface area contributed by atoms with Crippen LogP contribution in [0.1, 0.15) is 30.0 Å². The van der Waals surface area contributed by atoms with Crippen molar-refractivity contribution in [3.63, 3.8) is 0 Å². The van der Waals surface area contributed by atoms with Crippen LogP contribution in [-0.4, -0.2) is 15.9 Å². The zero-order chi connectivity index (χ0) is 14.9. The van der Waals surface area contributed by atoms with E-state index < -0.39 is 0 Å². The fraction of sp³-hybridized carbons (Fsp3) is 0.222. The molecule has 4 nitrogen and oxygen atoms in total. The lowest BCUT2D eigenvalue weighted by atomic mass is 9.98. The molecule has 3 aromatic rings. The molecule has 1 saturated carbocycles. The molecule has 4 rings (SSSR count). The molecule has 110 valence electrons. The van der Waals surface area contributed by atoms with Crippen molar-refractivity contribution in [2.75, 3.05) is 0 Å². The largest absolute Gasteiger partial charge is 0.345 e. The van der Waals surface area contributed by atoms with Gasteiger partial charge >= 0.3 is 0 Å². The van der Waals surface area contributed by atoms with Crippen LogP contribution in [0.15, 0.2) is 54.9 Å². The van der Waals surface area contributed by atoms with Crippen LogP contribution >= 0.6 is 0 Å². The van der Waals surface area contributed by atoms with E-state index in [1.165, 1.54) is 0 Å². The molecule has 2 N–H and O–H groups in total. The van der Waals surface area contributed by atoms with Gasteiger partial charge in [0.1, 0.15) is 0 Å². The van der Waals surface area contributed by atoms with Crippen LogP contribution in [0, 0.1) is 5.92 Å². The molecule has 1 heterocycles. The Morgan fingerprint density at radius 1 is 1.14 bits per heavy atom. The number of H-pyrrole nitrogens is 1. The number of hydrogen-bond donors (Lipinski definition) is 2. The van der Waals surface area contributed by atoms with Crippen LogP contribution in [0.4, 0.5) is 0 Å². The highest BCUT2D eigenvalue weighted by molar-refractivity contribution is 5.82. The number of carbonyl (C=O) groups is 1. The van der Waals surface area contributed by atoms with E-state index in [2.05, 4.69) is 33.5 Å². The zero-order valence-electron chi connectivity index (χ0n) is 12.1. The lowest BCUT2D eigenvalue weighted by molar-refractivity contribution is -0.122. The van der Waals surface area contributed by atoms with Gasteiger partial charge in [-0.05, 0) is 36.1 Å². The fourth-order valence-electron chi connectivity index (χ4n) is 2.74. The van der Waals surface area contributed by atoms with Crippen molar-refractivity contribution in [2.45, 2.75) is 18.9 Å². The third-order valence-corrected chi connectivity index (χ3v) is 4.15. The number of amides is 1.